The minimum Gasteiger partial charge on any atom is -0.457 e. The summed E-state index contributed by atoms with van der Waals surface area (Å²) >= 11 is 1.41. The molecule has 2 aliphatic heterocycles. The maximum Gasteiger partial charge on any atom is 0.293 e. The second-order valence-corrected chi connectivity index (χ2v) is 8.28. The van der Waals surface area contributed by atoms with Crippen LogP contribution in [0.4, 0.5) is 11.4 Å². The van der Waals surface area contributed by atoms with Gasteiger partial charge in [-0.1, -0.05) is 23.9 Å². The van der Waals surface area contributed by atoms with E-state index in [1.54, 1.807) is 24.3 Å². The lowest BCUT2D eigenvalue weighted by atomic mass is 10.1. The predicted octanol–water partition coefficient (Wildman–Crippen LogP) is 5.02. The first-order valence-electron chi connectivity index (χ1n) is 9.85. The van der Waals surface area contributed by atoms with E-state index in [1.165, 1.54) is 17.8 Å². The van der Waals surface area contributed by atoms with Crippen molar-refractivity contribution in [3.63, 3.8) is 0 Å². The molecule has 0 saturated carbocycles. The Morgan fingerprint density at radius 3 is 2.65 bits per heavy atom. The zero-order valence-corrected chi connectivity index (χ0v) is 17.3. The van der Waals surface area contributed by atoms with Crippen LogP contribution >= 0.6 is 11.8 Å². The van der Waals surface area contributed by atoms with Gasteiger partial charge in [-0.05, 0) is 42.5 Å². The number of furan rings is 1. The molecule has 1 saturated heterocycles. The second kappa shape index (κ2) is 8.05. The summed E-state index contributed by atoms with van der Waals surface area (Å²) in [5.41, 5.74) is 1.92. The van der Waals surface area contributed by atoms with Gasteiger partial charge in [0.1, 0.15) is 17.2 Å². The molecule has 31 heavy (non-hydrogen) atoms. The molecule has 0 N–H and O–H groups in total. The van der Waals surface area contributed by atoms with E-state index in [2.05, 4.69) is 0 Å². The number of fused-ring (bicyclic) bond motifs is 1. The fraction of sp³-hybridized carbons (Fsp3) is 0.174. The summed E-state index contributed by atoms with van der Waals surface area (Å²) in [5.74, 6) is 1.01. The van der Waals surface area contributed by atoms with Crippen molar-refractivity contribution in [1.29, 1.82) is 0 Å². The van der Waals surface area contributed by atoms with Gasteiger partial charge >= 0.3 is 0 Å². The number of carbonyl (C=O) groups is 1. The molecule has 156 valence electrons. The lowest BCUT2D eigenvalue weighted by Gasteiger charge is -2.28. The first-order chi connectivity index (χ1) is 15.1. The minimum absolute atomic E-state index is 0.0240. The van der Waals surface area contributed by atoms with Gasteiger partial charge in [0.2, 0.25) is 5.78 Å². The van der Waals surface area contributed by atoms with Gasteiger partial charge in [-0.15, -0.1) is 0 Å². The number of carbonyl (C=O) groups excluding carboxylic acids is 1. The van der Waals surface area contributed by atoms with Crippen LogP contribution in [-0.2, 0) is 4.74 Å². The van der Waals surface area contributed by atoms with E-state index in [0.29, 0.717) is 59.5 Å². The van der Waals surface area contributed by atoms with E-state index in [4.69, 9.17) is 9.15 Å². The fourth-order valence-electron chi connectivity index (χ4n) is 3.75. The normalized spacial score (nSPS) is 17.2. The Kier molecular flexibility index (Phi) is 5.09. The number of hydrogen-bond acceptors (Lipinski definition) is 7. The summed E-state index contributed by atoms with van der Waals surface area (Å²) in [6.07, 6.45) is 1.72. The van der Waals surface area contributed by atoms with Gasteiger partial charge in [0, 0.05) is 35.2 Å². The van der Waals surface area contributed by atoms with Crippen LogP contribution in [0.1, 0.15) is 16.1 Å². The van der Waals surface area contributed by atoms with Crippen molar-refractivity contribution in [1.82, 2.24) is 0 Å². The van der Waals surface area contributed by atoms with Crippen molar-refractivity contribution >= 4 is 35.0 Å². The number of morpholine rings is 1. The lowest BCUT2D eigenvalue weighted by molar-refractivity contribution is -0.384. The van der Waals surface area contributed by atoms with E-state index in [1.807, 2.05) is 35.2 Å². The minimum atomic E-state index is -0.370. The molecule has 3 heterocycles. The smallest absolute Gasteiger partial charge is 0.293 e. The molecule has 0 spiro atoms. The molecule has 1 fully saturated rings. The van der Waals surface area contributed by atoms with Crippen molar-refractivity contribution in [2.24, 2.45) is 0 Å². The number of nitro benzene ring substituents is 1. The van der Waals surface area contributed by atoms with E-state index in [9.17, 15) is 14.9 Å². The number of anilines is 1. The fourth-order valence-corrected chi connectivity index (χ4v) is 4.78. The van der Waals surface area contributed by atoms with Gasteiger partial charge in [-0.2, -0.15) is 0 Å². The van der Waals surface area contributed by atoms with Gasteiger partial charge in [-0.25, -0.2) is 0 Å². The summed E-state index contributed by atoms with van der Waals surface area (Å²) in [7, 11) is 0. The van der Waals surface area contributed by atoms with Gasteiger partial charge in [0.05, 0.1) is 23.0 Å². The number of ether oxygens (including phenoxy) is 1. The molecule has 0 unspecified atom stereocenters. The molecular weight excluding hydrogens is 416 g/mol. The zero-order chi connectivity index (χ0) is 21.4. The van der Waals surface area contributed by atoms with Crippen molar-refractivity contribution < 1.29 is 18.9 Å². The molecule has 0 aliphatic carbocycles. The molecular formula is C23H18N2O5S. The van der Waals surface area contributed by atoms with Crippen LogP contribution in [0.5, 0.6) is 0 Å². The molecule has 0 amide bonds. The highest BCUT2D eigenvalue weighted by Crippen LogP contribution is 2.41. The molecule has 2 aromatic carbocycles. The summed E-state index contributed by atoms with van der Waals surface area (Å²) in [6, 6.07) is 16.1. The Morgan fingerprint density at radius 2 is 1.87 bits per heavy atom. The monoisotopic (exact) mass is 434 g/mol. The van der Waals surface area contributed by atoms with Gasteiger partial charge < -0.3 is 14.1 Å². The van der Waals surface area contributed by atoms with Crippen LogP contribution in [0, 0.1) is 10.1 Å². The Morgan fingerprint density at radius 1 is 1.06 bits per heavy atom. The third-order valence-corrected chi connectivity index (χ3v) is 6.38. The standard InChI is InChI=1S/C23H18N2O5S/c26-23-17-3-1-2-4-21(17)31-22(23)14-16-6-8-20(30-16)15-5-7-18(19(13-15)25(27)28)24-9-11-29-12-10-24/h1-8,13-14H,9-12H2. The maximum atomic E-state index is 12.6. The van der Waals surface area contributed by atoms with E-state index < -0.39 is 0 Å². The topological polar surface area (TPSA) is 85.8 Å². The number of allylic oxidation sites excluding steroid dienone is 1. The van der Waals surface area contributed by atoms with Gasteiger partial charge in [-0.3, -0.25) is 14.9 Å². The van der Waals surface area contributed by atoms with Gasteiger partial charge in [0.15, 0.2) is 0 Å². The van der Waals surface area contributed by atoms with E-state index >= 15 is 0 Å². The Balaban J connectivity index is 1.43. The Hall–Kier alpha value is -3.36. The SMILES string of the molecule is O=C1C(=Cc2ccc(-c3ccc(N4CCOCC4)c([N+](=O)[O-])c3)o2)Sc2ccccc21. The zero-order valence-electron chi connectivity index (χ0n) is 16.4. The first kappa shape index (κ1) is 19.6. The molecule has 8 heteroatoms. The summed E-state index contributed by atoms with van der Waals surface area (Å²) in [4.78, 5) is 27.4. The van der Waals surface area contributed by atoms with Crippen LogP contribution in [-0.4, -0.2) is 37.0 Å². The first-order valence-corrected chi connectivity index (χ1v) is 10.7. The summed E-state index contributed by atoms with van der Waals surface area (Å²) in [5, 5.41) is 11.7. The number of ketones is 1. The predicted molar refractivity (Wildman–Crippen MR) is 118 cm³/mol. The van der Waals surface area contributed by atoms with Crippen LogP contribution in [0.2, 0.25) is 0 Å². The van der Waals surface area contributed by atoms with Crippen LogP contribution in [0.25, 0.3) is 17.4 Å². The van der Waals surface area contributed by atoms with Crippen LogP contribution in [0.3, 0.4) is 0 Å². The molecule has 0 bridgehead atoms. The highest BCUT2D eigenvalue weighted by Gasteiger charge is 2.26. The Bertz CT molecular complexity index is 1210. The van der Waals surface area contributed by atoms with Crippen molar-refractivity contribution in [2.75, 3.05) is 31.2 Å². The average Bonchev–Trinajstić information content (AvgIpc) is 3.39. The molecule has 0 atom stereocenters. The number of hydrogen-bond donors (Lipinski definition) is 0. The molecule has 2 aliphatic rings. The quantitative estimate of drug-likeness (QED) is 0.324. The van der Waals surface area contributed by atoms with E-state index in [0.717, 1.165) is 4.90 Å². The average molecular weight is 434 g/mol. The van der Waals surface area contributed by atoms with Crippen molar-refractivity contribution in [3.8, 4) is 11.3 Å². The lowest BCUT2D eigenvalue weighted by Crippen LogP contribution is -2.36. The number of nitrogens with zero attached hydrogens (tertiary/aromatic N) is 2. The third-order valence-electron chi connectivity index (χ3n) is 5.28. The van der Waals surface area contributed by atoms with E-state index in [-0.39, 0.29) is 16.4 Å². The number of thioether (sulfide) groups is 1. The highest BCUT2D eigenvalue weighted by molar-refractivity contribution is 8.04. The number of benzene rings is 2. The number of Topliss-reactive ketones (excluding diaryl/α,β-unsaturated/α-hetero) is 1. The summed E-state index contributed by atoms with van der Waals surface area (Å²) < 4.78 is 11.2. The number of nitro groups is 1. The summed E-state index contributed by atoms with van der Waals surface area (Å²) in [6.45, 7) is 2.34. The molecule has 7 nitrogen and oxygen atoms in total. The molecule has 1 aromatic heterocycles. The molecule has 3 aromatic rings. The second-order valence-electron chi connectivity index (χ2n) is 7.20. The Labute approximate surface area is 182 Å². The maximum absolute atomic E-state index is 12.6. The van der Waals surface area contributed by atoms with Crippen molar-refractivity contribution in [2.45, 2.75) is 4.90 Å². The third kappa shape index (κ3) is 3.75. The number of rotatable bonds is 4. The highest BCUT2D eigenvalue weighted by atomic mass is 32.2. The van der Waals surface area contributed by atoms with Crippen LogP contribution < -0.4 is 4.90 Å². The molecule has 0 radical (unpaired) electrons. The largest absolute Gasteiger partial charge is 0.457 e. The van der Waals surface area contributed by atoms with Crippen LogP contribution in [0.15, 0.2) is 68.8 Å². The van der Waals surface area contributed by atoms with Crippen molar-refractivity contribution in [3.05, 3.63) is 80.9 Å². The molecule has 5 rings (SSSR count). The van der Waals surface area contributed by atoms with Gasteiger partial charge in [0.25, 0.3) is 5.69 Å².